The van der Waals surface area contributed by atoms with Crippen LogP contribution in [0.5, 0.6) is 0 Å². The van der Waals surface area contributed by atoms with Crippen molar-refractivity contribution in [2.75, 3.05) is 12.4 Å². The van der Waals surface area contributed by atoms with Crippen LogP contribution in [0.2, 0.25) is 0 Å². The van der Waals surface area contributed by atoms with E-state index < -0.39 is 0 Å². The number of esters is 1. The Hall–Kier alpha value is -4.13. The summed E-state index contributed by atoms with van der Waals surface area (Å²) in [6, 6.07) is 22.0. The summed E-state index contributed by atoms with van der Waals surface area (Å²) in [5.74, 6) is 0.872. The molecular weight excluding hydrogens is 428 g/mol. The first-order chi connectivity index (χ1) is 16.5. The zero-order chi connectivity index (χ0) is 23.7. The minimum atomic E-state index is -0.374. The average molecular weight is 455 g/mol. The maximum absolute atomic E-state index is 12.0. The van der Waals surface area contributed by atoms with Gasteiger partial charge in [-0.05, 0) is 47.9 Å². The maximum atomic E-state index is 12.0. The van der Waals surface area contributed by atoms with Crippen LogP contribution in [0.3, 0.4) is 0 Å². The van der Waals surface area contributed by atoms with E-state index in [0.29, 0.717) is 29.6 Å². The number of anilines is 1. The number of methoxy groups -OCH3 is 1. The Kier molecular flexibility index (Phi) is 5.76. The lowest BCUT2D eigenvalue weighted by Crippen LogP contribution is -2.06. The summed E-state index contributed by atoms with van der Waals surface area (Å²) in [6.07, 6.45) is 0. The monoisotopic (exact) mass is 454 g/mol. The summed E-state index contributed by atoms with van der Waals surface area (Å²) >= 11 is 0. The van der Waals surface area contributed by atoms with Crippen molar-refractivity contribution in [3.05, 3.63) is 77.9 Å². The van der Waals surface area contributed by atoms with Gasteiger partial charge in [0.25, 0.3) is 6.01 Å². The number of nitrogens with zero attached hydrogens (tertiary/aromatic N) is 3. The average Bonchev–Trinajstić information content (AvgIpc) is 3.42. The van der Waals surface area contributed by atoms with Gasteiger partial charge in [0, 0.05) is 18.7 Å². The normalized spacial score (nSPS) is 11.4. The van der Waals surface area contributed by atoms with Gasteiger partial charge < -0.3 is 19.0 Å². The second-order valence-corrected chi connectivity index (χ2v) is 8.68. The third-order valence-corrected chi connectivity index (χ3v) is 5.65. The number of oxazole rings is 1. The Morgan fingerprint density at radius 2 is 1.85 bits per heavy atom. The molecule has 5 aromatic rings. The molecular formula is C27H26N4O3. The number of aromatic nitrogens is 3. The van der Waals surface area contributed by atoms with E-state index in [2.05, 4.69) is 40.8 Å². The molecule has 0 unspecified atom stereocenters. The van der Waals surface area contributed by atoms with Gasteiger partial charge in [0.1, 0.15) is 11.3 Å². The van der Waals surface area contributed by atoms with Gasteiger partial charge >= 0.3 is 5.97 Å². The fourth-order valence-electron chi connectivity index (χ4n) is 4.06. The molecule has 0 spiro atoms. The first kappa shape index (κ1) is 21.7. The molecule has 0 saturated carbocycles. The Balaban J connectivity index is 1.51. The smallest absolute Gasteiger partial charge is 0.337 e. The van der Waals surface area contributed by atoms with Crippen molar-refractivity contribution in [2.45, 2.75) is 26.9 Å². The molecule has 5 rings (SSSR count). The van der Waals surface area contributed by atoms with E-state index in [0.717, 1.165) is 40.0 Å². The quantitative estimate of drug-likeness (QED) is 0.308. The predicted octanol–water partition coefficient (Wildman–Crippen LogP) is 5.90. The number of benzene rings is 3. The predicted molar refractivity (Wildman–Crippen MR) is 133 cm³/mol. The number of imidazole rings is 1. The molecule has 1 N–H and O–H groups in total. The first-order valence-electron chi connectivity index (χ1n) is 11.3. The van der Waals surface area contributed by atoms with Crippen molar-refractivity contribution in [1.29, 1.82) is 0 Å². The second kappa shape index (κ2) is 9.02. The van der Waals surface area contributed by atoms with Crippen molar-refractivity contribution in [3.63, 3.8) is 0 Å². The molecule has 0 fully saturated rings. The van der Waals surface area contributed by atoms with Crippen molar-refractivity contribution in [1.82, 2.24) is 14.5 Å². The molecule has 2 heterocycles. The number of carbonyl (C=O) groups excluding carboxylic acids is 1. The maximum Gasteiger partial charge on any atom is 0.337 e. The summed E-state index contributed by atoms with van der Waals surface area (Å²) in [5, 5.41) is 3.25. The number of rotatable bonds is 7. The van der Waals surface area contributed by atoms with Gasteiger partial charge in [-0.1, -0.05) is 44.2 Å². The van der Waals surface area contributed by atoms with Gasteiger partial charge in [-0.25, -0.2) is 9.78 Å². The lowest BCUT2D eigenvalue weighted by atomic mass is 10.1. The van der Waals surface area contributed by atoms with E-state index in [4.69, 9.17) is 14.1 Å². The van der Waals surface area contributed by atoms with Crippen LogP contribution in [-0.2, 0) is 17.8 Å². The number of hydrogen-bond donors (Lipinski definition) is 1. The summed E-state index contributed by atoms with van der Waals surface area (Å²) < 4.78 is 13.0. The fourth-order valence-corrected chi connectivity index (χ4v) is 4.06. The summed E-state index contributed by atoms with van der Waals surface area (Å²) in [6.45, 7) is 5.77. The van der Waals surface area contributed by atoms with Crippen molar-refractivity contribution < 1.29 is 13.9 Å². The number of ether oxygens (including phenoxy) is 1. The summed E-state index contributed by atoms with van der Waals surface area (Å²) in [5.41, 5.74) is 5.76. The highest BCUT2D eigenvalue weighted by Crippen LogP contribution is 2.30. The van der Waals surface area contributed by atoms with Crippen LogP contribution in [0.4, 0.5) is 6.01 Å². The molecule has 34 heavy (non-hydrogen) atoms. The molecule has 0 radical (unpaired) electrons. The van der Waals surface area contributed by atoms with Crippen molar-refractivity contribution in [3.8, 4) is 11.4 Å². The minimum Gasteiger partial charge on any atom is -0.465 e. The molecule has 0 aliphatic rings. The molecule has 0 atom stereocenters. The van der Waals surface area contributed by atoms with Crippen molar-refractivity contribution in [2.24, 2.45) is 5.92 Å². The molecule has 0 saturated heterocycles. The van der Waals surface area contributed by atoms with E-state index in [1.54, 1.807) is 12.1 Å². The van der Waals surface area contributed by atoms with Gasteiger partial charge in [-0.3, -0.25) is 0 Å². The largest absolute Gasteiger partial charge is 0.465 e. The van der Waals surface area contributed by atoms with Gasteiger partial charge in [-0.2, -0.15) is 4.98 Å². The van der Waals surface area contributed by atoms with Crippen LogP contribution < -0.4 is 5.32 Å². The topological polar surface area (TPSA) is 82.2 Å². The Labute approximate surface area is 197 Å². The highest BCUT2D eigenvalue weighted by molar-refractivity contribution is 5.94. The Bertz CT molecular complexity index is 1470. The van der Waals surface area contributed by atoms with Gasteiger partial charge in [0.2, 0.25) is 0 Å². The first-order valence-corrected chi connectivity index (χ1v) is 11.3. The Morgan fingerprint density at radius 1 is 1.03 bits per heavy atom. The van der Waals surface area contributed by atoms with Crippen LogP contribution in [0.15, 0.2) is 71.1 Å². The van der Waals surface area contributed by atoms with Gasteiger partial charge in [0.05, 0.1) is 23.7 Å². The van der Waals surface area contributed by atoms with Crippen LogP contribution in [0, 0.1) is 5.92 Å². The number of carbonyl (C=O) groups is 1. The molecule has 0 aliphatic heterocycles. The Morgan fingerprint density at radius 3 is 2.62 bits per heavy atom. The summed E-state index contributed by atoms with van der Waals surface area (Å²) in [4.78, 5) is 21.5. The van der Waals surface area contributed by atoms with Crippen LogP contribution in [-0.4, -0.2) is 27.6 Å². The molecule has 7 heteroatoms. The lowest BCUT2D eigenvalue weighted by Gasteiger charge is -2.12. The lowest BCUT2D eigenvalue weighted by molar-refractivity contribution is 0.0601. The van der Waals surface area contributed by atoms with Crippen LogP contribution in [0.25, 0.3) is 33.5 Å². The van der Waals surface area contributed by atoms with E-state index in [1.807, 2.05) is 42.5 Å². The van der Waals surface area contributed by atoms with E-state index in [-0.39, 0.29) is 5.97 Å². The fraction of sp³-hybridized carbons (Fsp3) is 0.222. The third kappa shape index (κ3) is 4.24. The number of fused-ring (bicyclic) bond motifs is 2. The molecule has 7 nitrogen and oxygen atoms in total. The third-order valence-electron chi connectivity index (χ3n) is 5.65. The standard InChI is InChI=1S/C27H26N4O3/c1-17(2)16-31-23-11-9-20(26(32)33-3)14-21(23)29-25(31)19-10-12-24-22(13-19)30-27(34-24)28-15-18-7-5-4-6-8-18/h4-14,17H,15-16H2,1-3H3,(H,28,30). The SMILES string of the molecule is COC(=O)c1ccc2c(c1)nc(-c1ccc3oc(NCc4ccccc4)nc3c1)n2CC(C)C. The molecule has 0 amide bonds. The molecule has 3 aromatic carbocycles. The van der Waals surface area contributed by atoms with Gasteiger partial charge in [-0.15, -0.1) is 0 Å². The number of nitrogens with one attached hydrogen (secondary N) is 1. The number of hydrogen-bond acceptors (Lipinski definition) is 6. The zero-order valence-corrected chi connectivity index (χ0v) is 19.4. The van der Waals surface area contributed by atoms with Crippen LogP contribution >= 0.6 is 0 Å². The van der Waals surface area contributed by atoms with Crippen LogP contribution in [0.1, 0.15) is 29.8 Å². The second-order valence-electron chi connectivity index (χ2n) is 8.68. The molecule has 172 valence electrons. The van der Waals surface area contributed by atoms with E-state index in [1.165, 1.54) is 7.11 Å². The zero-order valence-electron chi connectivity index (χ0n) is 19.4. The van der Waals surface area contributed by atoms with E-state index >= 15 is 0 Å². The summed E-state index contributed by atoms with van der Waals surface area (Å²) in [7, 11) is 1.38. The molecule has 0 bridgehead atoms. The molecule has 0 aliphatic carbocycles. The van der Waals surface area contributed by atoms with Gasteiger partial charge in [0.15, 0.2) is 5.58 Å². The highest BCUT2D eigenvalue weighted by atomic mass is 16.5. The van der Waals surface area contributed by atoms with Crippen molar-refractivity contribution >= 4 is 34.1 Å². The molecule has 2 aromatic heterocycles. The minimum absolute atomic E-state index is 0.374. The highest BCUT2D eigenvalue weighted by Gasteiger charge is 2.17. The van der Waals surface area contributed by atoms with E-state index in [9.17, 15) is 4.79 Å².